The van der Waals surface area contributed by atoms with E-state index in [1.165, 1.54) is 21.2 Å². The van der Waals surface area contributed by atoms with E-state index in [-0.39, 0.29) is 45.2 Å². The second-order valence-corrected chi connectivity index (χ2v) is 12.9. The predicted octanol–water partition coefficient (Wildman–Crippen LogP) is -0.318. The van der Waals surface area contributed by atoms with Crippen molar-refractivity contribution < 1.29 is 64.2 Å². The summed E-state index contributed by atoms with van der Waals surface area (Å²) >= 11 is 0. The number of methoxy groups -OCH3 is 4. The Labute approximate surface area is 267 Å². The summed E-state index contributed by atoms with van der Waals surface area (Å²) in [5.41, 5.74) is 0. The van der Waals surface area contributed by atoms with Crippen LogP contribution in [0.15, 0.2) is 97.1 Å². The van der Waals surface area contributed by atoms with E-state index in [0.717, 1.165) is 41.7 Å². The SMILES string of the molecule is COc1ccccc1P(CCCP(c1ccccc1OC)c1ccccc1OC)c1ccccc1OC.[Cl-].[Cl-].[Pd+2]. The van der Waals surface area contributed by atoms with E-state index in [2.05, 4.69) is 72.8 Å². The number of hydrogen-bond donors (Lipinski definition) is 0. The average Bonchev–Trinajstić information content (AvgIpc) is 2.97. The standard InChI is InChI=1S/C31H34O4P2.2ClH.Pd/c1-32-24-14-5-9-18-28(24)36(29-19-10-6-15-25(29)33-2)22-13-23-37(30-20-11-7-16-26(30)34-3)31-21-12-8-17-27(31)35-4;;;/h5-12,14-21H,13,22-23H2,1-4H3;2*1H;/q;;;+2/p-2. The van der Waals surface area contributed by atoms with Crippen molar-refractivity contribution in [2.45, 2.75) is 6.42 Å². The molecule has 0 bridgehead atoms. The third kappa shape index (κ3) is 8.60. The van der Waals surface area contributed by atoms with E-state index in [1.54, 1.807) is 28.4 Å². The molecule has 0 aliphatic rings. The van der Waals surface area contributed by atoms with Gasteiger partial charge in [0.25, 0.3) is 0 Å². The van der Waals surface area contributed by atoms with Gasteiger partial charge in [-0.05, 0) is 58.9 Å². The molecule has 4 aromatic carbocycles. The molecule has 0 spiro atoms. The molecular formula is C31H34Cl2O4P2Pd. The molecule has 4 aromatic rings. The fraction of sp³-hybridized carbons (Fsp3) is 0.226. The molecule has 0 unspecified atom stereocenters. The van der Waals surface area contributed by atoms with Gasteiger partial charge in [-0.2, -0.15) is 0 Å². The maximum Gasteiger partial charge on any atom is 2.00 e. The molecule has 216 valence electrons. The van der Waals surface area contributed by atoms with Crippen molar-refractivity contribution in [2.75, 3.05) is 40.8 Å². The molecule has 0 saturated heterocycles. The average molecular weight is 710 g/mol. The molecule has 0 aromatic heterocycles. The van der Waals surface area contributed by atoms with Crippen molar-refractivity contribution in [3.63, 3.8) is 0 Å². The van der Waals surface area contributed by atoms with Crippen LogP contribution in [0.2, 0.25) is 0 Å². The maximum absolute atomic E-state index is 5.79. The van der Waals surface area contributed by atoms with Crippen molar-refractivity contribution in [3.8, 4) is 23.0 Å². The summed E-state index contributed by atoms with van der Waals surface area (Å²) in [6.07, 6.45) is 3.06. The van der Waals surface area contributed by atoms with E-state index >= 15 is 0 Å². The second kappa shape index (κ2) is 18.6. The first kappa shape index (κ1) is 36.2. The van der Waals surface area contributed by atoms with E-state index < -0.39 is 15.8 Å². The number of hydrogen-bond acceptors (Lipinski definition) is 4. The van der Waals surface area contributed by atoms with Crippen LogP contribution in [0.3, 0.4) is 0 Å². The van der Waals surface area contributed by atoms with E-state index in [0.29, 0.717) is 0 Å². The summed E-state index contributed by atoms with van der Waals surface area (Å²) in [6, 6.07) is 33.5. The summed E-state index contributed by atoms with van der Waals surface area (Å²) < 4.78 is 23.2. The Morgan fingerprint density at radius 1 is 0.425 bits per heavy atom. The zero-order chi connectivity index (χ0) is 26.0. The minimum absolute atomic E-state index is 0. The maximum atomic E-state index is 5.79. The van der Waals surface area contributed by atoms with Gasteiger partial charge in [0.05, 0.1) is 28.4 Å². The molecule has 0 N–H and O–H groups in total. The Morgan fingerprint density at radius 3 is 0.875 bits per heavy atom. The van der Waals surface area contributed by atoms with Crippen LogP contribution in [0.1, 0.15) is 6.42 Å². The Kier molecular flexibility index (Phi) is 16.8. The zero-order valence-electron chi connectivity index (χ0n) is 23.0. The van der Waals surface area contributed by atoms with Crippen molar-refractivity contribution in [1.29, 1.82) is 0 Å². The normalized spacial score (nSPS) is 10.2. The number of rotatable bonds is 12. The molecule has 0 atom stereocenters. The monoisotopic (exact) mass is 708 g/mol. The quantitative estimate of drug-likeness (QED) is 0.150. The zero-order valence-corrected chi connectivity index (χ0v) is 27.8. The fourth-order valence-corrected chi connectivity index (χ4v) is 10.0. The number of benzene rings is 4. The van der Waals surface area contributed by atoms with Gasteiger partial charge in [-0.15, -0.1) is 0 Å². The van der Waals surface area contributed by atoms with Crippen LogP contribution >= 0.6 is 15.8 Å². The van der Waals surface area contributed by atoms with Gasteiger partial charge in [-0.1, -0.05) is 72.8 Å². The largest absolute Gasteiger partial charge is 2.00 e. The van der Waals surface area contributed by atoms with Crippen LogP contribution in [-0.4, -0.2) is 40.8 Å². The van der Waals surface area contributed by atoms with Gasteiger partial charge in [0, 0.05) is 21.2 Å². The molecule has 40 heavy (non-hydrogen) atoms. The molecular weight excluding hydrogens is 676 g/mol. The first-order chi connectivity index (χ1) is 18.2. The number of para-hydroxylation sites is 4. The molecule has 0 radical (unpaired) electrons. The van der Waals surface area contributed by atoms with Gasteiger partial charge >= 0.3 is 20.4 Å². The summed E-state index contributed by atoms with van der Waals surface area (Å²) in [4.78, 5) is 0. The summed E-state index contributed by atoms with van der Waals surface area (Å²) in [6.45, 7) is 0. The van der Waals surface area contributed by atoms with Crippen molar-refractivity contribution in [3.05, 3.63) is 97.1 Å². The topological polar surface area (TPSA) is 36.9 Å². The molecule has 0 aliphatic heterocycles. The van der Waals surface area contributed by atoms with E-state index in [9.17, 15) is 0 Å². The third-order valence-electron chi connectivity index (χ3n) is 6.27. The summed E-state index contributed by atoms with van der Waals surface area (Å²) in [5, 5.41) is 4.96. The predicted molar refractivity (Wildman–Crippen MR) is 159 cm³/mol. The van der Waals surface area contributed by atoms with Gasteiger partial charge in [-0.25, -0.2) is 0 Å². The molecule has 9 heteroatoms. The Morgan fingerprint density at radius 2 is 0.650 bits per heavy atom. The van der Waals surface area contributed by atoms with Crippen LogP contribution in [0.25, 0.3) is 0 Å². The molecule has 0 heterocycles. The van der Waals surface area contributed by atoms with Gasteiger partial charge in [0.1, 0.15) is 23.0 Å². The Hall–Kier alpha value is -1.82. The van der Waals surface area contributed by atoms with Gasteiger partial charge in [0.15, 0.2) is 0 Å². The van der Waals surface area contributed by atoms with E-state index in [4.69, 9.17) is 18.9 Å². The molecule has 0 aliphatic carbocycles. The molecule has 0 fully saturated rings. The van der Waals surface area contributed by atoms with Crippen molar-refractivity contribution >= 4 is 37.1 Å². The van der Waals surface area contributed by atoms with Crippen molar-refractivity contribution in [2.24, 2.45) is 0 Å². The minimum atomic E-state index is -0.697. The van der Waals surface area contributed by atoms with Gasteiger partial charge < -0.3 is 43.8 Å². The molecule has 4 rings (SSSR count). The number of halogens is 2. The molecule has 4 nitrogen and oxygen atoms in total. The Bertz CT molecular complexity index is 1120. The smallest absolute Gasteiger partial charge is 1.00 e. The molecule has 0 saturated carbocycles. The van der Waals surface area contributed by atoms with Crippen molar-refractivity contribution in [1.82, 2.24) is 0 Å². The third-order valence-corrected chi connectivity index (χ3v) is 11.6. The minimum Gasteiger partial charge on any atom is -1.00 e. The molecule has 0 amide bonds. The van der Waals surface area contributed by atoms with Crippen LogP contribution in [0.5, 0.6) is 23.0 Å². The van der Waals surface area contributed by atoms with Crippen LogP contribution in [-0.2, 0) is 20.4 Å². The van der Waals surface area contributed by atoms with Crippen LogP contribution < -0.4 is 65.0 Å². The fourth-order valence-electron chi connectivity index (χ4n) is 4.54. The summed E-state index contributed by atoms with van der Waals surface area (Å²) in [5.74, 6) is 3.71. The Balaban J connectivity index is 0.00000267. The first-order valence-electron chi connectivity index (χ1n) is 12.3. The van der Waals surface area contributed by atoms with E-state index in [1.807, 2.05) is 24.3 Å². The second-order valence-electron chi connectivity index (χ2n) is 8.34. The summed E-state index contributed by atoms with van der Waals surface area (Å²) in [7, 11) is 5.59. The number of ether oxygens (including phenoxy) is 4. The van der Waals surface area contributed by atoms with Gasteiger partial charge in [0.2, 0.25) is 0 Å². The van der Waals surface area contributed by atoms with Crippen LogP contribution in [0, 0.1) is 0 Å². The first-order valence-corrected chi connectivity index (χ1v) is 15.3. The van der Waals surface area contributed by atoms with Gasteiger partial charge in [-0.3, -0.25) is 0 Å². The van der Waals surface area contributed by atoms with Crippen LogP contribution in [0.4, 0.5) is 0 Å².